The van der Waals surface area contributed by atoms with Crippen LogP contribution in [0.15, 0.2) is 48.7 Å². The molecule has 1 fully saturated rings. The zero-order chi connectivity index (χ0) is 25.6. The Hall–Kier alpha value is -2.63. The van der Waals surface area contributed by atoms with E-state index >= 15 is 0 Å². The minimum Gasteiger partial charge on any atom is -0.393 e. The van der Waals surface area contributed by atoms with Gasteiger partial charge in [0.05, 0.1) is 33.8 Å². The number of nitrogens with two attached hydrogens (primary N) is 1. The fraction of sp³-hybridized carbons (Fsp3) is 0.280. The highest BCUT2D eigenvalue weighted by Crippen LogP contribution is 2.41. The summed E-state index contributed by atoms with van der Waals surface area (Å²) >= 11 is 7.72. The molecular formula is C25H24ClFN4O3S2. The minimum absolute atomic E-state index is 0.0182. The normalized spacial score (nSPS) is 15.8. The van der Waals surface area contributed by atoms with Gasteiger partial charge < -0.3 is 10.8 Å². The van der Waals surface area contributed by atoms with Crippen LogP contribution >= 0.6 is 22.9 Å². The largest absolute Gasteiger partial charge is 0.393 e. The molecule has 0 bridgehead atoms. The van der Waals surface area contributed by atoms with Crippen LogP contribution in [-0.2, 0) is 16.4 Å². The van der Waals surface area contributed by atoms with Crippen LogP contribution < -0.4 is 10.5 Å². The second kappa shape index (κ2) is 9.68. The standard InChI is InChI=1S/C25H24ClFN4O3S2/c1-13(32)9-14-7-8-29-20(10-14)17-4-2-3-15-11-21(35-24(15)17)23(31-36(33,34)16-5-6-16)22-18(26)12-19(27)25(28)30-22/h2-4,7-8,10-13,16,23,31-32H,5-6,9H2,1H3,(H2,28,30). The van der Waals surface area contributed by atoms with Crippen molar-refractivity contribution in [3.8, 4) is 11.3 Å². The summed E-state index contributed by atoms with van der Waals surface area (Å²) in [4.78, 5) is 9.29. The van der Waals surface area contributed by atoms with E-state index in [2.05, 4.69) is 14.7 Å². The lowest BCUT2D eigenvalue weighted by molar-refractivity contribution is 0.195. The molecule has 0 aliphatic heterocycles. The number of sulfonamides is 1. The molecule has 2 atom stereocenters. The van der Waals surface area contributed by atoms with Crippen LogP contribution in [-0.4, -0.2) is 34.8 Å². The molecule has 1 aromatic carbocycles. The second-order valence-electron chi connectivity index (χ2n) is 8.99. The van der Waals surface area contributed by atoms with Crippen molar-refractivity contribution < 1.29 is 17.9 Å². The first kappa shape index (κ1) is 25.0. The molecular weight excluding hydrogens is 523 g/mol. The second-order valence-corrected chi connectivity index (χ2v) is 12.5. The molecule has 7 nitrogen and oxygen atoms in total. The highest BCUT2D eigenvalue weighted by atomic mass is 35.5. The summed E-state index contributed by atoms with van der Waals surface area (Å²) < 4.78 is 43.5. The van der Waals surface area contributed by atoms with Gasteiger partial charge in [0.15, 0.2) is 11.6 Å². The number of hydrogen-bond acceptors (Lipinski definition) is 7. The smallest absolute Gasteiger partial charge is 0.215 e. The van der Waals surface area contributed by atoms with Gasteiger partial charge in [-0.3, -0.25) is 4.98 Å². The van der Waals surface area contributed by atoms with Gasteiger partial charge in [-0.05, 0) is 61.4 Å². The molecule has 5 rings (SSSR count). The maximum absolute atomic E-state index is 14.0. The van der Waals surface area contributed by atoms with Crippen LogP contribution in [0.3, 0.4) is 0 Å². The molecule has 4 aromatic rings. The van der Waals surface area contributed by atoms with Gasteiger partial charge in [0.2, 0.25) is 10.0 Å². The van der Waals surface area contributed by atoms with E-state index in [-0.39, 0.29) is 16.5 Å². The van der Waals surface area contributed by atoms with E-state index in [9.17, 15) is 17.9 Å². The quantitative estimate of drug-likeness (QED) is 0.291. The lowest BCUT2D eigenvalue weighted by Gasteiger charge is -2.19. The number of anilines is 1. The maximum atomic E-state index is 14.0. The summed E-state index contributed by atoms with van der Waals surface area (Å²) in [5, 5.41) is 10.2. The topological polar surface area (TPSA) is 118 Å². The molecule has 1 aliphatic carbocycles. The number of nitrogens with zero attached hydrogens (tertiary/aromatic N) is 2. The Morgan fingerprint density at radius 2 is 2.06 bits per heavy atom. The predicted octanol–water partition coefficient (Wildman–Crippen LogP) is 4.83. The molecule has 188 valence electrons. The van der Waals surface area contributed by atoms with Crippen molar-refractivity contribution in [2.24, 2.45) is 0 Å². The van der Waals surface area contributed by atoms with Crippen LogP contribution in [0.1, 0.15) is 41.9 Å². The van der Waals surface area contributed by atoms with Crippen molar-refractivity contribution in [1.29, 1.82) is 0 Å². The van der Waals surface area contributed by atoms with Gasteiger partial charge in [-0.15, -0.1) is 11.3 Å². The number of aliphatic hydroxyl groups excluding tert-OH is 1. The SMILES string of the molecule is CC(O)Cc1ccnc(-c2cccc3cc(C(NS(=O)(=O)C4CC4)c4nc(N)c(F)cc4Cl)sc23)c1. The van der Waals surface area contributed by atoms with Crippen LogP contribution in [0.5, 0.6) is 0 Å². The number of pyridine rings is 2. The molecule has 0 spiro atoms. The van der Waals surface area contributed by atoms with Gasteiger partial charge in [-0.25, -0.2) is 22.5 Å². The summed E-state index contributed by atoms with van der Waals surface area (Å²) in [6.45, 7) is 1.73. The van der Waals surface area contributed by atoms with E-state index in [0.717, 1.165) is 33.0 Å². The van der Waals surface area contributed by atoms with E-state index in [1.807, 2.05) is 36.4 Å². The van der Waals surface area contributed by atoms with Crippen molar-refractivity contribution in [1.82, 2.24) is 14.7 Å². The first-order chi connectivity index (χ1) is 17.1. The number of hydrogen-bond donors (Lipinski definition) is 3. The number of benzene rings is 1. The summed E-state index contributed by atoms with van der Waals surface area (Å²) in [6.07, 6.45) is 2.89. The van der Waals surface area contributed by atoms with Crippen LogP contribution in [0.2, 0.25) is 5.02 Å². The van der Waals surface area contributed by atoms with Crippen LogP contribution in [0, 0.1) is 5.82 Å². The van der Waals surface area contributed by atoms with Gasteiger partial charge in [0.1, 0.15) is 0 Å². The molecule has 2 unspecified atom stereocenters. The first-order valence-corrected chi connectivity index (χ1v) is 14.1. The molecule has 0 radical (unpaired) electrons. The predicted molar refractivity (Wildman–Crippen MR) is 141 cm³/mol. The van der Waals surface area contributed by atoms with E-state index in [1.54, 1.807) is 13.1 Å². The lowest BCUT2D eigenvalue weighted by Crippen LogP contribution is -2.32. The van der Waals surface area contributed by atoms with E-state index in [1.165, 1.54) is 11.3 Å². The minimum atomic E-state index is -3.65. The van der Waals surface area contributed by atoms with Gasteiger partial charge in [0, 0.05) is 21.3 Å². The van der Waals surface area contributed by atoms with Gasteiger partial charge >= 0.3 is 0 Å². The summed E-state index contributed by atoms with van der Waals surface area (Å²) in [7, 11) is -3.65. The third-order valence-corrected chi connectivity index (χ3v) is 9.45. The molecule has 3 aromatic heterocycles. The van der Waals surface area contributed by atoms with E-state index in [4.69, 9.17) is 17.3 Å². The number of aliphatic hydroxyl groups is 1. The Morgan fingerprint density at radius 3 is 2.78 bits per heavy atom. The van der Waals surface area contributed by atoms with Crippen molar-refractivity contribution in [3.63, 3.8) is 0 Å². The number of aromatic nitrogens is 2. The fourth-order valence-electron chi connectivity index (χ4n) is 4.10. The summed E-state index contributed by atoms with van der Waals surface area (Å²) in [6, 6.07) is 11.6. The molecule has 11 heteroatoms. The maximum Gasteiger partial charge on any atom is 0.215 e. The lowest BCUT2D eigenvalue weighted by atomic mass is 10.0. The van der Waals surface area contributed by atoms with Crippen LogP contribution in [0.25, 0.3) is 21.3 Å². The van der Waals surface area contributed by atoms with Crippen LogP contribution in [0.4, 0.5) is 10.2 Å². The van der Waals surface area contributed by atoms with Crippen molar-refractivity contribution in [2.75, 3.05) is 5.73 Å². The Kier molecular flexibility index (Phi) is 6.73. The van der Waals surface area contributed by atoms with E-state index < -0.39 is 33.2 Å². The molecule has 1 saturated carbocycles. The highest BCUT2D eigenvalue weighted by molar-refractivity contribution is 7.90. The van der Waals surface area contributed by atoms with Gasteiger partial charge in [-0.1, -0.05) is 29.8 Å². The Bertz CT molecular complexity index is 1550. The Morgan fingerprint density at radius 1 is 1.28 bits per heavy atom. The molecule has 36 heavy (non-hydrogen) atoms. The van der Waals surface area contributed by atoms with Gasteiger partial charge in [0.25, 0.3) is 0 Å². The Balaban J connectivity index is 1.63. The van der Waals surface area contributed by atoms with E-state index in [0.29, 0.717) is 24.1 Å². The molecule has 1 aliphatic rings. The molecule has 0 amide bonds. The van der Waals surface area contributed by atoms with Gasteiger partial charge in [-0.2, -0.15) is 0 Å². The highest BCUT2D eigenvalue weighted by Gasteiger charge is 2.39. The first-order valence-electron chi connectivity index (χ1n) is 11.4. The average molecular weight is 547 g/mol. The number of nitrogen functional groups attached to an aromatic ring is 1. The zero-order valence-electron chi connectivity index (χ0n) is 19.3. The van der Waals surface area contributed by atoms with Crippen molar-refractivity contribution >= 4 is 48.9 Å². The zero-order valence-corrected chi connectivity index (χ0v) is 21.7. The number of halogens is 2. The third-order valence-electron chi connectivity index (χ3n) is 5.98. The molecule has 0 saturated heterocycles. The summed E-state index contributed by atoms with van der Waals surface area (Å²) in [5.74, 6) is -1.12. The molecule has 3 heterocycles. The number of rotatable bonds is 8. The number of thiophene rings is 1. The van der Waals surface area contributed by atoms with Crippen molar-refractivity contribution in [2.45, 2.75) is 43.6 Å². The summed E-state index contributed by atoms with van der Waals surface area (Å²) in [5.41, 5.74) is 8.43. The fourth-order valence-corrected chi connectivity index (χ4v) is 7.18. The number of fused-ring (bicyclic) bond motifs is 1. The third kappa shape index (κ3) is 5.09. The average Bonchev–Trinajstić information content (AvgIpc) is 3.59. The Labute approximate surface area is 217 Å². The monoisotopic (exact) mass is 546 g/mol. The molecule has 4 N–H and O–H groups in total. The number of nitrogens with one attached hydrogen (secondary N) is 1. The van der Waals surface area contributed by atoms with Crippen molar-refractivity contribution in [3.05, 3.63) is 75.6 Å².